The number of carbonyl (C=O) groups is 1. The second-order valence-corrected chi connectivity index (χ2v) is 7.40. The molecule has 1 amide bonds. The third-order valence-corrected chi connectivity index (χ3v) is 5.95. The maximum Gasteiger partial charge on any atom is 0.264 e. The highest BCUT2D eigenvalue weighted by molar-refractivity contribution is 7.20. The number of amides is 1. The zero-order chi connectivity index (χ0) is 15.1. The van der Waals surface area contributed by atoms with E-state index < -0.39 is 0 Å². The molecule has 0 N–H and O–H groups in total. The zero-order valence-corrected chi connectivity index (χ0v) is 14.0. The average Bonchev–Trinajstić information content (AvgIpc) is 3.01. The molecule has 114 valence electrons. The zero-order valence-electron chi connectivity index (χ0n) is 13.2. The highest BCUT2D eigenvalue weighted by atomic mass is 32.1. The van der Waals surface area contributed by atoms with E-state index in [0.29, 0.717) is 6.04 Å². The lowest BCUT2D eigenvalue weighted by molar-refractivity contribution is 0.0684. The molecule has 4 nitrogen and oxygen atoms in total. The Kier molecular flexibility index (Phi) is 3.78. The van der Waals surface area contributed by atoms with Gasteiger partial charge in [-0.2, -0.15) is 5.10 Å². The van der Waals surface area contributed by atoms with E-state index in [2.05, 4.69) is 12.0 Å². The summed E-state index contributed by atoms with van der Waals surface area (Å²) < 4.78 is 1.87. The van der Waals surface area contributed by atoms with E-state index in [9.17, 15) is 4.79 Å². The van der Waals surface area contributed by atoms with Gasteiger partial charge in [-0.05, 0) is 44.6 Å². The maximum atomic E-state index is 12.7. The predicted octanol–water partition coefficient (Wildman–Crippen LogP) is 3.59. The predicted molar refractivity (Wildman–Crippen MR) is 86.8 cm³/mol. The van der Waals surface area contributed by atoms with Crippen LogP contribution in [0.3, 0.4) is 0 Å². The van der Waals surface area contributed by atoms with Crippen LogP contribution < -0.4 is 0 Å². The third kappa shape index (κ3) is 2.59. The van der Waals surface area contributed by atoms with Gasteiger partial charge in [-0.3, -0.25) is 9.48 Å². The van der Waals surface area contributed by atoms with Gasteiger partial charge in [0.25, 0.3) is 5.91 Å². The van der Waals surface area contributed by atoms with E-state index in [0.717, 1.165) is 39.5 Å². The fraction of sp³-hybridized carbons (Fsp3) is 0.625. The quantitative estimate of drug-likeness (QED) is 0.850. The SMILES string of the molecule is Cc1nn(C)c2sc(C(=O)N(C)C3CCC(C)CC3)cc12. The lowest BCUT2D eigenvalue weighted by Gasteiger charge is -2.33. The number of fused-ring (bicyclic) bond motifs is 1. The second kappa shape index (κ2) is 5.44. The van der Waals surface area contributed by atoms with Gasteiger partial charge in [0.1, 0.15) is 4.83 Å². The number of aromatic nitrogens is 2. The monoisotopic (exact) mass is 305 g/mol. The molecule has 1 fully saturated rings. The smallest absolute Gasteiger partial charge is 0.264 e. The number of nitrogens with zero attached hydrogens (tertiary/aromatic N) is 3. The molecule has 0 aromatic carbocycles. The van der Waals surface area contributed by atoms with Crippen molar-refractivity contribution in [1.29, 1.82) is 0 Å². The Morgan fingerprint density at radius 1 is 1.38 bits per heavy atom. The summed E-state index contributed by atoms with van der Waals surface area (Å²) in [6.45, 7) is 4.30. The molecule has 2 aromatic heterocycles. The Bertz CT molecular complexity index is 630. The summed E-state index contributed by atoms with van der Waals surface area (Å²) in [5.74, 6) is 0.970. The standard InChI is InChI=1S/C16H23N3OS/c1-10-5-7-12(8-6-10)18(3)15(20)14-9-13-11(2)17-19(4)16(13)21-14/h9-10,12H,5-8H2,1-4H3. The van der Waals surface area contributed by atoms with Crippen molar-refractivity contribution in [3.05, 3.63) is 16.6 Å². The first kappa shape index (κ1) is 14.6. The summed E-state index contributed by atoms with van der Waals surface area (Å²) in [5, 5.41) is 5.50. The van der Waals surface area contributed by atoms with Gasteiger partial charge in [-0.1, -0.05) is 6.92 Å². The minimum Gasteiger partial charge on any atom is -0.338 e. The molecule has 1 saturated carbocycles. The van der Waals surface area contributed by atoms with Crippen LogP contribution in [0, 0.1) is 12.8 Å². The van der Waals surface area contributed by atoms with E-state index in [1.54, 1.807) is 11.3 Å². The molecular weight excluding hydrogens is 282 g/mol. The van der Waals surface area contributed by atoms with Crippen molar-refractivity contribution in [3.8, 4) is 0 Å². The Morgan fingerprint density at radius 2 is 2.05 bits per heavy atom. The van der Waals surface area contributed by atoms with Gasteiger partial charge in [-0.15, -0.1) is 11.3 Å². The molecule has 0 radical (unpaired) electrons. The Balaban J connectivity index is 1.81. The molecule has 0 saturated heterocycles. The lowest BCUT2D eigenvalue weighted by atomic mass is 9.87. The van der Waals surface area contributed by atoms with Crippen molar-refractivity contribution in [1.82, 2.24) is 14.7 Å². The number of rotatable bonds is 2. The summed E-state index contributed by atoms with van der Waals surface area (Å²) in [5.41, 5.74) is 0.997. The van der Waals surface area contributed by atoms with E-state index in [1.807, 2.05) is 36.7 Å². The van der Waals surface area contributed by atoms with E-state index >= 15 is 0 Å². The van der Waals surface area contributed by atoms with Crippen molar-refractivity contribution in [3.63, 3.8) is 0 Å². The normalized spacial score (nSPS) is 22.7. The molecule has 5 heteroatoms. The summed E-state index contributed by atoms with van der Waals surface area (Å²) in [6, 6.07) is 2.41. The highest BCUT2D eigenvalue weighted by Crippen LogP contribution is 2.31. The van der Waals surface area contributed by atoms with Crippen LogP contribution in [0.4, 0.5) is 0 Å². The Labute approximate surface area is 129 Å². The van der Waals surface area contributed by atoms with Crippen LogP contribution in [0.2, 0.25) is 0 Å². The van der Waals surface area contributed by atoms with E-state index in [1.165, 1.54) is 12.8 Å². The second-order valence-electron chi connectivity index (χ2n) is 6.37. The summed E-state index contributed by atoms with van der Waals surface area (Å²) in [7, 11) is 3.89. The third-order valence-electron chi connectivity index (χ3n) is 4.76. The number of thiophene rings is 1. The summed E-state index contributed by atoms with van der Waals surface area (Å²) >= 11 is 1.55. The molecule has 0 atom stereocenters. The fourth-order valence-electron chi connectivity index (χ4n) is 3.28. The van der Waals surface area contributed by atoms with Crippen LogP contribution in [0.5, 0.6) is 0 Å². The molecule has 21 heavy (non-hydrogen) atoms. The lowest BCUT2D eigenvalue weighted by Crippen LogP contribution is -2.38. The van der Waals surface area contributed by atoms with Crippen LogP contribution in [-0.4, -0.2) is 33.7 Å². The van der Waals surface area contributed by atoms with Crippen LogP contribution in [0.15, 0.2) is 6.07 Å². The van der Waals surface area contributed by atoms with Gasteiger partial charge in [-0.25, -0.2) is 0 Å². The van der Waals surface area contributed by atoms with Gasteiger partial charge in [0.05, 0.1) is 10.6 Å². The minimum atomic E-state index is 0.162. The first-order chi connectivity index (χ1) is 9.97. The van der Waals surface area contributed by atoms with Gasteiger partial charge in [0, 0.05) is 25.5 Å². The maximum absolute atomic E-state index is 12.7. The molecule has 0 aliphatic heterocycles. The molecule has 1 aliphatic rings. The Hall–Kier alpha value is -1.36. The molecule has 0 unspecified atom stereocenters. The molecule has 0 spiro atoms. The largest absolute Gasteiger partial charge is 0.338 e. The molecule has 3 rings (SSSR count). The van der Waals surface area contributed by atoms with Crippen molar-refractivity contribution >= 4 is 27.5 Å². The van der Waals surface area contributed by atoms with Gasteiger partial charge >= 0.3 is 0 Å². The summed E-state index contributed by atoms with van der Waals surface area (Å²) in [6.07, 6.45) is 4.74. The van der Waals surface area contributed by atoms with Gasteiger partial charge < -0.3 is 4.90 Å². The van der Waals surface area contributed by atoms with Crippen molar-refractivity contribution in [2.75, 3.05) is 7.05 Å². The summed E-state index contributed by atoms with van der Waals surface area (Å²) in [4.78, 5) is 16.6. The van der Waals surface area contributed by atoms with E-state index in [4.69, 9.17) is 0 Å². The minimum absolute atomic E-state index is 0.162. The van der Waals surface area contributed by atoms with Crippen LogP contribution in [0.1, 0.15) is 48.0 Å². The van der Waals surface area contributed by atoms with Crippen molar-refractivity contribution < 1.29 is 4.79 Å². The van der Waals surface area contributed by atoms with Gasteiger partial charge in [0.15, 0.2) is 0 Å². The number of hydrogen-bond donors (Lipinski definition) is 0. The first-order valence-electron chi connectivity index (χ1n) is 7.67. The van der Waals surface area contributed by atoms with Crippen molar-refractivity contribution in [2.45, 2.75) is 45.6 Å². The molecule has 0 bridgehead atoms. The molecule has 1 aliphatic carbocycles. The topological polar surface area (TPSA) is 38.1 Å². The molecular formula is C16H23N3OS. The number of hydrogen-bond acceptors (Lipinski definition) is 3. The number of carbonyl (C=O) groups excluding carboxylic acids is 1. The fourth-order valence-corrected chi connectivity index (χ4v) is 4.39. The van der Waals surface area contributed by atoms with Gasteiger partial charge in [0.2, 0.25) is 0 Å². The molecule has 2 heterocycles. The highest BCUT2D eigenvalue weighted by Gasteiger charge is 2.26. The van der Waals surface area contributed by atoms with Crippen LogP contribution in [-0.2, 0) is 7.05 Å². The van der Waals surface area contributed by atoms with E-state index in [-0.39, 0.29) is 5.91 Å². The Morgan fingerprint density at radius 3 is 2.67 bits per heavy atom. The van der Waals surface area contributed by atoms with Crippen LogP contribution in [0.25, 0.3) is 10.2 Å². The average molecular weight is 305 g/mol. The molecule has 2 aromatic rings. The van der Waals surface area contributed by atoms with Crippen molar-refractivity contribution in [2.24, 2.45) is 13.0 Å². The first-order valence-corrected chi connectivity index (χ1v) is 8.49. The number of aryl methyl sites for hydroxylation is 2. The van der Waals surface area contributed by atoms with Crippen LogP contribution >= 0.6 is 11.3 Å².